The van der Waals surface area contributed by atoms with Gasteiger partial charge in [-0.1, -0.05) is 11.6 Å². The summed E-state index contributed by atoms with van der Waals surface area (Å²) in [6.07, 6.45) is -3.97. The van der Waals surface area contributed by atoms with E-state index in [9.17, 15) is 18.0 Å². The average molecular weight is 365 g/mol. The summed E-state index contributed by atoms with van der Waals surface area (Å²) in [5.41, 5.74) is 1.55. The van der Waals surface area contributed by atoms with Gasteiger partial charge in [-0.25, -0.2) is 15.3 Å². The quantitative estimate of drug-likeness (QED) is 0.839. The maximum absolute atomic E-state index is 12.6. The monoisotopic (exact) mass is 364 g/mol. The lowest BCUT2D eigenvalue weighted by atomic mass is 10.3. The number of halogens is 4. The van der Waals surface area contributed by atoms with Gasteiger partial charge in [0.25, 0.3) is 0 Å². The number of carbonyl (C=O) groups is 1. The van der Waals surface area contributed by atoms with Gasteiger partial charge in [0.2, 0.25) is 11.8 Å². The maximum atomic E-state index is 12.6. The summed E-state index contributed by atoms with van der Waals surface area (Å²) in [5.74, 6) is -0.326. The minimum Gasteiger partial charge on any atom is -0.417 e. The van der Waals surface area contributed by atoms with Crippen molar-refractivity contribution >= 4 is 17.6 Å². The fourth-order valence-corrected chi connectivity index (χ4v) is 1.84. The molecule has 0 aliphatic heterocycles. The van der Waals surface area contributed by atoms with Gasteiger partial charge in [0.15, 0.2) is 0 Å². The van der Waals surface area contributed by atoms with E-state index in [1.165, 1.54) is 6.07 Å². The van der Waals surface area contributed by atoms with Crippen LogP contribution in [0.2, 0.25) is 5.02 Å². The second-order valence-electron chi connectivity index (χ2n) is 4.49. The summed E-state index contributed by atoms with van der Waals surface area (Å²) in [4.78, 5) is 20.0. The molecule has 0 radical (unpaired) electrons. The number of nitrogens with zero attached hydrogens (tertiary/aromatic N) is 3. The molecule has 1 amide bonds. The van der Waals surface area contributed by atoms with Crippen LogP contribution in [0.3, 0.4) is 0 Å². The average Bonchev–Trinajstić information content (AvgIpc) is 2.86. The molecule has 2 aromatic heterocycles. The zero-order valence-corrected chi connectivity index (χ0v) is 13.3. The van der Waals surface area contributed by atoms with Gasteiger partial charge in [0.1, 0.15) is 5.02 Å². The van der Waals surface area contributed by atoms with Crippen LogP contribution in [0.25, 0.3) is 0 Å². The smallest absolute Gasteiger partial charge is 0.417 e. The van der Waals surface area contributed by atoms with Crippen LogP contribution in [-0.2, 0) is 11.0 Å². The van der Waals surface area contributed by atoms with Crippen LogP contribution in [0.5, 0.6) is 11.8 Å². The van der Waals surface area contributed by atoms with E-state index in [2.05, 4.69) is 15.6 Å². The molecule has 2 aromatic rings. The molecule has 0 fully saturated rings. The molecule has 2 heterocycles. The Balaban J connectivity index is 2.19. The largest absolute Gasteiger partial charge is 0.417 e. The van der Waals surface area contributed by atoms with E-state index in [-0.39, 0.29) is 23.4 Å². The molecule has 2 rings (SSSR count). The zero-order chi connectivity index (χ0) is 17.9. The van der Waals surface area contributed by atoms with E-state index < -0.39 is 17.8 Å². The highest BCUT2D eigenvalue weighted by molar-refractivity contribution is 6.31. The number of ether oxygens (including phenoxy) is 1. The van der Waals surface area contributed by atoms with Crippen molar-refractivity contribution in [3.8, 4) is 11.8 Å². The van der Waals surface area contributed by atoms with Gasteiger partial charge in [0, 0.05) is 12.3 Å². The van der Waals surface area contributed by atoms with Gasteiger partial charge < -0.3 is 4.74 Å². The molecular formula is C13H12ClF3N4O3. The number of amides is 1. The lowest BCUT2D eigenvalue weighted by Crippen LogP contribution is -2.30. The van der Waals surface area contributed by atoms with E-state index in [1.807, 2.05) is 0 Å². The lowest BCUT2D eigenvalue weighted by Gasteiger charge is -2.08. The van der Waals surface area contributed by atoms with Gasteiger partial charge >= 0.3 is 12.2 Å². The van der Waals surface area contributed by atoms with Crippen molar-refractivity contribution in [1.29, 1.82) is 0 Å². The molecule has 0 unspecified atom stereocenters. The topological polar surface area (TPSA) is 78.3 Å². The third kappa shape index (κ3) is 4.15. The second kappa shape index (κ2) is 7.05. The Bertz CT molecular complexity index is 749. The number of pyridine rings is 1. The number of rotatable bonds is 4. The highest BCUT2D eigenvalue weighted by Gasteiger charge is 2.32. The number of aromatic nitrogens is 3. The number of carbonyl (C=O) groups excluding carboxylic acids is 1. The first-order chi connectivity index (χ1) is 11.2. The molecule has 0 saturated carbocycles. The van der Waals surface area contributed by atoms with Gasteiger partial charge in [-0.05, 0) is 19.9 Å². The SMILES string of the molecule is CCONC(=O)n1nc(Oc2ncc(C(F)(F)F)cc2Cl)cc1C. The van der Waals surface area contributed by atoms with Crippen molar-refractivity contribution in [3.63, 3.8) is 0 Å². The summed E-state index contributed by atoms with van der Waals surface area (Å²) in [5, 5.41) is 3.51. The Morgan fingerprint density at radius 3 is 2.71 bits per heavy atom. The summed E-state index contributed by atoms with van der Waals surface area (Å²) < 4.78 is 43.9. The summed E-state index contributed by atoms with van der Waals surface area (Å²) in [6, 6.07) is 1.42. The van der Waals surface area contributed by atoms with Crippen LogP contribution in [0.15, 0.2) is 18.3 Å². The third-order valence-electron chi connectivity index (χ3n) is 2.70. The Labute approximate surface area is 139 Å². The van der Waals surface area contributed by atoms with Crippen molar-refractivity contribution in [2.24, 2.45) is 0 Å². The van der Waals surface area contributed by atoms with Crippen LogP contribution in [0, 0.1) is 6.92 Å². The minimum absolute atomic E-state index is 0.0618. The lowest BCUT2D eigenvalue weighted by molar-refractivity contribution is -0.137. The fraction of sp³-hybridized carbons (Fsp3) is 0.308. The Morgan fingerprint density at radius 1 is 1.42 bits per heavy atom. The van der Waals surface area contributed by atoms with Crippen molar-refractivity contribution in [3.05, 3.63) is 34.6 Å². The number of hydrogen-bond donors (Lipinski definition) is 1. The van der Waals surface area contributed by atoms with Crippen molar-refractivity contribution in [2.75, 3.05) is 6.61 Å². The van der Waals surface area contributed by atoms with E-state index in [0.717, 1.165) is 4.68 Å². The molecule has 0 aliphatic rings. The molecule has 0 atom stereocenters. The summed E-state index contributed by atoms with van der Waals surface area (Å²) in [7, 11) is 0. The van der Waals surface area contributed by atoms with E-state index in [0.29, 0.717) is 18.0 Å². The van der Waals surface area contributed by atoms with Crippen LogP contribution in [0.4, 0.5) is 18.0 Å². The first-order valence-electron chi connectivity index (χ1n) is 6.61. The minimum atomic E-state index is -4.56. The molecule has 130 valence electrons. The Hall–Kier alpha value is -2.33. The zero-order valence-electron chi connectivity index (χ0n) is 12.5. The number of hydroxylamine groups is 1. The van der Waals surface area contributed by atoms with E-state index >= 15 is 0 Å². The Kier molecular flexibility index (Phi) is 5.30. The van der Waals surface area contributed by atoms with Crippen molar-refractivity contribution in [2.45, 2.75) is 20.0 Å². The highest BCUT2D eigenvalue weighted by Crippen LogP contribution is 2.34. The highest BCUT2D eigenvalue weighted by atomic mass is 35.5. The van der Waals surface area contributed by atoms with Gasteiger partial charge in [0.05, 0.1) is 17.9 Å². The molecule has 11 heteroatoms. The standard InChI is InChI=1S/C13H12ClF3N4O3/c1-3-23-20-12(22)21-7(2)4-10(19-21)24-11-9(14)5-8(6-18-11)13(15,16)17/h4-6H,3H2,1-2H3,(H,20,22). The number of hydrogen-bond acceptors (Lipinski definition) is 5. The molecule has 1 N–H and O–H groups in total. The molecule has 0 aliphatic carbocycles. The summed E-state index contributed by atoms with van der Waals surface area (Å²) in [6.45, 7) is 3.52. The summed E-state index contributed by atoms with van der Waals surface area (Å²) >= 11 is 5.74. The molecule has 7 nitrogen and oxygen atoms in total. The fourth-order valence-electron chi connectivity index (χ4n) is 1.63. The van der Waals surface area contributed by atoms with E-state index in [1.54, 1.807) is 13.8 Å². The number of alkyl halides is 3. The Morgan fingerprint density at radius 2 is 2.12 bits per heavy atom. The third-order valence-corrected chi connectivity index (χ3v) is 2.97. The van der Waals surface area contributed by atoms with Crippen LogP contribution < -0.4 is 10.2 Å². The molecule has 24 heavy (non-hydrogen) atoms. The molecule has 0 spiro atoms. The first kappa shape index (κ1) is 18.0. The molecule has 0 bridgehead atoms. The van der Waals surface area contributed by atoms with Crippen LogP contribution in [-0.4, -0.2) is 27.4 Å². The van der Waals surface area contributed by atoms with Crippen molar-refractivity contribution < 1.29 is 27.5 Å². The van der Waals surface area contributed by atoms with Crippen LogP contribution >= 0.6 is 11.6 Å². The molecule has 0 saturated heterocycles. The number of aryl methyl sites for hydroxylation is 1. The van der Waals surface area contributed by atoms with Gasteiger partial charge in [-0.15, -0.1) is 5.10 Å². The molecular weight excluding hydrogens is 353 g/mol. The van der Waals surface area contributed by atoms with E-state index in [4.69, 9.17) is 21.2 Å². The normalized spacial score (nSPS) is 11.4. The maximum Gasteiger partial charge on any atom is 0.417 e. The van der Waals surface area contributed by atoms with Gasteiger partial charge in [-0.2, -0.15) is 17.9 Å². The number of nitrogens with one attached hydrogen (secondary N) is 1. The second-order valence-corrected chi connectivity index (χ2v) is 4.89. The predicted octanol–water partition coefficient (Wildman–Crippen LogP) is 3.56. The van der Waals surface area contributed by atoms with Gasteiger partial charge in [-0.3, -0.25) is 4.84 Å². The predicted molar refractivity (Wildman–Crippen MR) is 76.8 cm³/mol. The molecule has 0 aromatic carbocycles. The van der Waals surface area contributed by atoms with Crippen molar-refractivity contribution in [1.82, 2.24) is 20.2 Å². The van der Waals surface area contributed by atoms with Crippen LogP contribution in [0.1, 0.15) is 18.2 Å². The first-order valence-corrected chi connectivity index (χ1v) is 6.99.